The summed E-state index contributed by atoms with van der Waals surface area (Å²) in [5.74, 6) is -0.829. The Bertz CT molecular complexity index is 417. The quantitative estimate of drug-likeness (QED) is 0.325. The lowest BCUT2D eigenvalue weighted by Crippen LogP contribution is -2.52. The van der Waals surface area contributed by atoms with Crippen molar-refractivity contribution in [3.05, 3.63) is 0 Å². The standard InChI is InChI=1S/C17H36N4O6/c1-14(12-26-24)19-6-4-18-5-7-21(16(3)17(22)23)11-10-20(9-8-19)15(2)13-27-25/h14-16,18,24-25H,4-13H2,1-3H3,(H,22,23)/t14-,15+,16+/m1/s1. The maximum Gasteiger partial charge on any atom is 0.320 e. The van der Waals surface area contributed by atoms with Gasteiger partial charge in [-0.2, -0.15) is 0 Å². The highest BCUT2D eigenvalue weighted by Crippen LogP contribution is 2.07. The van der Waals surface area contributed by atoms with E-state index in [1.165, 1.54) is 0 Å². The zero-order chi connectivity index (χ0) is 20.2. The Morgan fingerprint density at radius 2 is 1.26 bits per heavy atom. The number of hydrogen-bond donors (Lipinski definition) is 4. The Morgan fingerprint density at radius 3 is 1.70 bits per heavy atom. The van der Waals surface area contributed by atoms with Crippen molar-refractivity contribution in [1.29, 1.82) is 0 Å². The number of carboxylic acids is 1. The number of hydrogen-bond acceptors (Lipinski definition) is 9. The first-order valence-corrected chi connectivity index (χ1v) is 9.59. The van der Waals surface area contributed by atoms with Crippen molar-refractivity contribution in [2.75, 3.05) is 65.6 Å². The van der Waals surface area contributed by atoms with Gasteiger partial charge in [0, 0.05) is 64.4 Å². The van der Waals surface area contributed by atoms with Gasteiger partial charge in [0.25, 0.3) is 0 Å². The Morgan fingerprint density at radius 1 is 0.852 bits per heavy atom. The van der Waals surface area contributed by atoms with Crippen LogP contribution in [0.1, 0.15) is 20.8 Å². The summed E-state index contributed by atoms with van der Waals surface area (Å²) < 4.78 is 0. The van der Waals surface area contributed by atoms with Crippen LogP contribution < -0.4 is 5.32 Å². The largest absolute Gasteiger partial charge is 0.480 e. The van der Waals surface area contributed by atoms with Crippen LogP contribution >= 0.6 is 0 Å². The topological polar surface area (TPSA) is 118 Å². The van der Waals surface area contributed by atoms with Gasteiger partial charge in [-0.25, -0.2) is 9.78 Å². The second kappa shape index (κ2) is 13.3. The van der Waals surface area contributed by atoms with Gasteiger partial charge in [0.1, 0.15) is 6.04 Å². The Kier molecular flexibility index (Phi) is 12.0. The molecule has 10 heteroatoms. The summed E-state index contributed by atoms with van der Waals surface area (Å²) in [5, 5.41) is 30.3. The molecule has 0 aliphatic carbocycles. The summed E-state index contributed by atoms with van der Waals surface area (Å²) in [6, 6.07) is -0.502. The minimum atomic E-state index is -0.829. The van der Waals surface area contributed by atoms with Gasteiger partial charge in [-0.1, -0.05) is 0 Å². The van der Waals surface area contributed by atoms with E-state index < -0.39 is 12.0 Å². The first-order valence-electron chi connectivity index (χ1n) is 9.59. The van der Waals surface area contributed by atoms with Crippen molar-refractivity contribution >= 4 is 5.97 Å². The molecular weight excluding hydrogens is 356 g/mol. The Balaban J connectivity index is 2.83. The summed E-state index contributed by atoms with van der Waals surface area (Å²) in [6.45, 7) is 11.8. The van der Waals surface area contributed by atoms with E-state index in [0.717, 1.165) is 26.2 Å². The molecule has 1 rings (SSSR count). The van der Waals surface area contributed by atoms with Crippen LogP contribution in [0.15, 0.2) is 0 Å². The Hall–Kier alpha value is -0.850. The van der Waals surface area contributed by atoms with E-state index in [2.05, 4.69) is 24.9 Å². The maximum absolute atomic E-state index is 11.4. The molecule has 1 heterocycles. The maximum atomic E-state index is 11.4. The highest BCUT2D eigenvalue weighted by molar-refractivity contribution is 5.72. The van der Waals surface area contributed by atoms with Crippen LogP contribution in [0.25, 0.3) is 0 Å². The van der Waals surface area contributed by atoms with Crippen LogP contribution in [0.5, 0.6) is 0 Å². The molecule has 1 aliphatic heterocycles. The second-order valence-electron chi connectivity index (χ2n) is 7.16. The molecule has 10 nitrogen and oxygen atoms in total. The molecular formula is C17H36N4O6. The van der Waals surface area contributed by atoms with Crippen molar-refractivity contribution in [3.63, 3.8) is 0 Å². The predicted octanol–water partition coefficient (Wildman–Crippen LogP) is -0.275. The van der Waals surface area contributed by atoms with E-state index in [4.69, 9.17) is 10.5 Å². The number of aliphatic carboxylic acids is 1. The van der Waals surface area contributed by atoms with E-state index in [1.807, 2.05) is 18.7 Å². The summed E-state index contributed by atoms with van der Waals surface area (Å²) in [7, 11) is 0. The molecule has 0 aromatic rings. The minimum Gasteiger partial charge on any atom is -0.480 e. The molecule has 0 radical (unpaired) electrons. The van der Waals surface area contributed by atoms with Gasteiger partial charge in [-0.15, -0.1) is 0 Å². The van der Waals surface area contributed by atoms with Crippen LogP contribution in [-0.4, -0.2) is 120 Å². The molecule has 4 N–H and O–H groups in total. The number of nitrogens with zero attached hydrogens (tertiary/aromatic N) is 3. The number of rotatable bonds is 8. The Labute approximate surface area is 161 Å². The fourth-order valence-electron chi connectivity index (χ4n) is 3.27. The zero-order valence-corrected chi connectivity index (χ0v) is 16.7. The molecule has 0 saturated carbocycles. The van der Waals surface area contributed by atoms with Crippen LogP contribution in [0, 0.1) is 0 Å². The lowest BCUT2D eigenvalue weighted by molar-refractivity contribution is -0.252. The van der Waals surface area contributed by atoms with E-state index in [-0.39, 0.29) is 25.3 Å². The normalized spacial score (nSPS) is 23.1. The summed E-state index contributed by atoms with van der Waals surface area (Å²) >= 11 is 0. The van der Waals surface area contributed by atoms with E-state index in [1.54, 1.807) is 6.92 Å². The second-order valence-corrected chi connectivity index (χ2v) is 7.16. The first kappa shape index (κ1) is 24.2. The van der Waals surface area contributed by atoms with Gasteiger partial charge in [0.15, 0.2) is 0 Å². The molecule has 0 aromatic heterocycles. The fourth-order valence-corrected chi connectivity index (χ4v) is 3.27. The third-order valence-electron chi connectivity index (χ3n) is 5.28. The monoisotopic (exact) mass is 392 g/mol. The van der Waals surface area contributed by atoms with Gasteiger partial charge >= 0.3 is 5.97 Å². The van der Waals surface area contributed by atoms with Crippen molar-refractivity contribution in [2.24, 2.45) is 0 Å². The van der Waals surface area contributed by atoms with E-state index in [0.29, 0.717) is 26.2 Å². The minimum absolute atomic E-state index is 0.00991. The molecule has 0 bridgehead atoms. The molecule has 0 spiro atoms. The molecule has 27 heavy (non-hydrogen) atoms. The lowest BCUT2D eigenvalue weighted by atomic mass is 10.2. The first-order chi connectivity index (χ1) is 12.9. The van der Waals surface area contributed by atoms with Crippen molar-refractivity contribution in [2.45, 2.75) is 38.9 Å². The van der Waals surface area contributed by atoms with Crippen LogP contribution in [0.2, 0.25) is 0 Å². The number of carboxylic acid groups (broad SMARTS) is 1. The fraction of sp³-hybridized carbons (Fsp3) is 0.941. The molecule has 1 aliphatic rings. The SMILES string of the molecule is C[C@H](COO)N1CCNCCN([C@@H](C)C(=O)O)CCN([C@@H](C)COO)CC1. The number of nitrogens with one attached hydrogen (secondary N) is 1. The van der Waals surface area contributed by atoms with E-state index in [9.17, 15) is 9.90 Å². The van der Waals surface area contributed by atoms with Gasteiger partial charge in [-0.05, 0) is 20.8 Å². The van der Waals surface area contributed by atoms with Crippen molar-refractivity contribution in [1.82, 2.24) is 20.0 Å². The highest BCUT2D eigenvalue weighted by Gasteiger charge is 2.24. The summed E-state index contributed by atoms with van der Waals surface area (Å²) in [5.41, 5.74) is 0. The van der Waals surface area contributed by atoms with Crippen LogP contribution in [-0.2, 0) is 14.6 Å². The molecule has 0 aromatic carbocycles. The van der Waals surface area contributed by atoms with E-state index >= 15 is 0 Å². The average Bonchev–Trinajstić information content (AvgIpc) is 2.61. The van der Waals surface area contributed by atoms with Crippen LogP contribution in [0.3, 0.4) is 0 Å². The van der Waals surface area contributed by atoms with Gasteiger partial charge < -0.3 is 10.4 Å². The molecule has 1 fully saturated rings. The third kappa shape index (κ3) is 8.79. The van der Waals surface area contributed by atoms with Gasteiger partial charge in [-0.3, -0.25) is 30.0 Å². The molecule has 160 valence electrons. The van der Waals surface area contributed by atoms with Gasteiger partial charge in [0.05, 0.1) is 13.2 Å². The average molecular weight is 392 g/mol. The number of carbonyl (C=O) groups is 1. The summed E-state index contributed by atoms with van der Waals surface area (Å²) in [6.07, 6.45) is 0. The smallest absolute Gasteiger partial charge is 0.320 e. The molecule has 0 unspecified atom stereocenters. The van der Waals surface area contributed by atoms with Crippen molar-refractivity contribution in [3.8, 4) is 0 Å². The zero-order valence-electron chi connectivity index (χ0n) is 16.7. The summed E-state index contributed by atoms with van der Waals surface area (Å²) in [4.78, 5) is 26.4. The predicted molar refractivity (Wildman–Crippen MR) is 101 cm³/mol. The van der Waals surface area contributed by atoms with Gasteiger partial charge in [0.2, 0.25) is 0 Å². The molecule has 3 atom stereocenters. The highest BCUT2D eigenvalue weighted by atomic mass is 17.1. The third-order valence-corrected chi connectivity index (χ3v) is 5.28. The molecule has 0 amide bonds. The molecule has 1 saturated heterocycles. The van der Waals surface area contributed by atoms with Crippen molar-refractivity contribution < 1.29 is 30.2 Å². The lowest BCUT2D eigenvalue weighted by Gasteiger charge is -2.36. The van der Waals surface area contributed by atoms with Crippen LogP contribution in [0.4, 0.5) is 0 Å².